The van der Waals surface area contributed by atoms with Crippen molar-refractivity contribution >= 4 is 11.6 Å². The molecule has 3 heteroatoms. The van der Waals surface area contributed by atoms with Crippen LogP contribution in [0.25, 0.3) is 0 Å². The van der Waals surface area contributed by atoms with Crippen LogP contribution in [0.4, 0.5) is 0 Å². The Labute approximate surface area is 119 Å². The van der Waals surface area contributed by atoms with E-state index in [4.69, 9.17) is 16.3 Å². The Kier molecular flexibility index (Phi) is 4.83. The van der Waals surface area contributed by atoms with E-state index in [1.807, 2.05) is 36.4 Å². The van der Waals surface area contributed by atoms with Gasteiger partial charge in [0.05, 0.1) is 7.11 Å². The Morgan fingerprint density at radius 2 is 1.84 bits per heavy atom. The zero-order chi connectivity index (χ0) is 13.7. The van der Waals surface area contributed by atoms with Crippen LogP contribution in [0.2, 0.25) is 5.02 Å². The normalized spacial score (nSPS) is 12.2. The number of ether oxygens (including phenoxy) is 1. The van der Waals surface area contributed by atoms with Crippen LogP contribution in [0.3, 0.4) is 0 Å². The van der Waals surface area contributed by atoms with E-state index in [1.165, 1.54) is 5.56 Å². The minimum absolute atomic E-state index is 0.266. The summed E-state index contributed by atoms with van der Waals surface area (Å²) in [6, 6.07) is 16.3. The molecule has 2 nitrogen and oxygen atoms in total. The van der Waals surface area contributed by atoms with E-state index >= 15 is 0 Å². The summed E-state index contributed by atoms with van der Waals surface area (Å²) >= 11 is 6.22. The molecule has 1 atom stereocenters. The van der Waals surface area contributed by atoms with Crippen molar-refractivity contribution in [1.29, 1.82) is 0 Å². The van der Waals surface area contributed by atoms with Crippen LogP contribution in [0, 0.1) is 0 Å². The van der Waals surface area contributed by atoms with Gasteiger partial charge in [-0.3, -0.25) is 0 Å². The highest BCUT2D eigenvalue weighted by molar-refractivity contribution is 6.31. The Morgan fingerprint density at radius 1 is 1.11 bits per heavy atom. The largest absolute Gasteiger partial charge is 0.496 e. The third kappa shape index (κ3) is 3.49. The van der Waals surface area contributed by atoms with Gasteiger partial charge in [-0.25, -0.2) is 0 Å². The highest BCUT2D eigenvalue weighted by Crippen LogP contribution is 2.26. The lowest BCUT2D eigenvalue weighted by Gasteiger charge is -2.16. The second-order valence-corrected chi connectivity index (χ2v) is 4.84. The Balaban J connectivity index is 2.07. The maximum absolute atomic E-state index is 6.22. The molecule has 0 saturated heterocycles. The molecule has 0 fully saturated rings. The lowest BCUT2D eigenvalue weighted by atomic mass is 10.1. The van der Waals surface area contributed by atoms with Crippen LogP contribution in [-0.2, 0) is 6.54 Å². The van der Waals surface area contributed by atoms with Gasteiger partial charge in [0.1, 0.15) is 5.75 Å². The molecule has 1 N–H and O–H groups in total. The molecule has 0 aliphatic heterocycles. The highest BCUT2D eigenvalue weighted by Gasteiger charge is 2.10. The molecule has 0 spiro atoms. The van der Waals surface area contributed by atoms with Gasteiger partial charge < -0.3 is 10.1 Å². The van der Waals surface area contributed by atoms with Crippen molar-refractivity contribution in [3.8, 4) is 5.75 Å². The number of hydrogen-bond acceptors (Lipinski definition) is 2. The van der Waals surface area contributed by atoms with Crippen molar-refractivity contribution in [2.75, 3.05) is 7.11 Å². The van der Waals surface area contributed by atoms with E-state index < -0.39 is 0 Å². The number of rotatable bonds is 5. The molecule has 0 aliphatic carbocycles. The van der Waals surface area contributed by atoms with Crippen molar-refractivity contribution in [2.24, 2.45) is 0 Å². The van der Waals surface area contributed by atoms with Gasteiger partial charge in [-0.15, -0.1) is 0 Å². The molecular formula is C16H18ClNO. The van der Waals surface area contributed by atoms with Crippen LogP contribution in [-0.4, -0.2) is 7.11 Å². The number of benzene rings is 2. The SMILES string of the molecule is COc1cccc(Cl)c1CN[C@@H](C)c1ccccc1. The predicted molar refractivity (Wildman–Crippen MR) is 79.7 cm³/mol. The molecule has 0 radical (unpaired) electrons. The quantitative estimate of drug-likeness (QED) is 0.883. The lowest BCUT2D eigenvalue weighted by Crippen LogP contribution is -2.18. The summed E-state index contributed by atoms with van der Waals surface area (Å²) in [4.78, 5) is 0. The van der Waals surface area contributed by atoms with Crippen molar-refractivity contribution in [1.82, 2.24) is 5.32 Å². The van der Waals surface area contributed by atoms with Gasteiger partial charge in [0.2, 0.25) is 0 Å². The van der Waals surface area contributed by atoms with Crippen LogP contribution >= 0.6 is 11.6 Å². The smallest absolute Gasteiger partial charge is 0.124 e. The molecule has 0 unspecified atom stereocenters. The molecule has 0 heterocycles. The summed E-state index contributed by atoms with van der Waals surface area (Å²) in [7, 11) is 1.66. The number of halogens is 1. The van der Waals surface area contributed by atoms with Crippen molar-refractivity contribution in [3.63, 3.8) is 0 Å². The molecule has 2 aromatic rings. The van der Waals surface area contributed by atoms with Gasteiger partial charge in [0.15, 0.2) is 0 Å². The molecule has 0 aliphatic rings. The molecule has 0 aromatic heterocycles. The van der Waals surface area contributed by atoms with Crippen molar-refractivity contribution in [3.05, 3.63) is 64.7 Å². The second-order valence-electron chi connectivity index (χ2n) is 4.43. The van der Waals surface area contributed by atoms with Gasteiger partial charge >= 0.3 is 0 Å². The summed E-state index contributed by atoms with van der Waals surface area (Å²) in [5.41, 5.74) is 2.25. The highest BCUT2D eigenvalue weighted by atomic mass is 35.5. The van der Waals surface area contributed by atoms with Crippen LogP contribution in [0.15, 0.2) is 48.5 Å². The van der Waals surface area contributed by atoms with Crippen molar-refractivity contribution < 1.29 is 4.74 Å². The number of hydrogen-bond donors (Lipinski definition) is 1. The summed E-state index contributed by atoms with van der Waals surface area (Å²) in [5, 5.41) is 4.20. The number of methoxy groups -OCH3 is 1. The van der Waals surface area contributed by atoms with Gasteiger partial charge in [-0.05, 0) is 24.6 Å². The first-order valence-electron chi connectivity index (χ1n) is 6.32. The first kappa shape index (κ1) is 13.9. The first-order chi connectivity index (χ1) is 9.22. The fourth-order valence-corrected chi connectivity index (χ4v) is 2.25. The Morgan fingerprint density at radius 3 is 2.53 bits per heavy atom. The lowest BCUT2D eigenvalue weighted by molar-refractivity contribution is 0.406. The second kappa shape index (κ2) is 6.60. The minimum Gasteiger partial charge on any atom is -0.496 e. The molecule has 2 aromatic carbocycles. The van der Waals surface area contributed by atoms with Gasteiger partial charge in [0, 0.05) is 23.2 Å². The molecule has 100 valence electrons. The third-order valence-corrected chi connectivity index (χ3v) is 3.53. The molecule has 0 saturated carbocycles. The summed E-state index contributed by atoms with van der Waals surface area (Å²) < 4.78 is 5.34. The van der Waals surface area contributed by atoms with E-state index in [1.54, 1.807) is 7.11 Å². The Hall–Kier alpha value is -1.51. The van der Waals surface area contributed by atoms with Gasteiger partial charge in [-0.1, -0.05) is 48.0 Å². The van der Waals surface area contributed by atoms with Crippen LogP contribution < -0.4 is 10.1 Å². The average Bonchev–Trinajstić information content (AvgIpc) is 2.46. The maximum atomic E-state index is 6.22. The van der Waals surface area contributed by atoms with E-state index in [2.05, 4.69) is 24.4 Å². The first-order valence-corrected chi connectivity index (χ1v) is 6.70. The van der Waals surface area contributed by atoms with E-state index in [0.717, 1.165) is 16.3 Å². The Bertz CT molecular complexity index is 528. The summed E-state index contributed by atoms with van der Waals surface area (Å²) in [6.45, 7) is 2.82. The molecule has 0 amide bonds. The third-order valence-electron chi connectivity index (χ3n) is 3.18. The van der Waals surface area contributed by atoms with E-state index in [9.17, 15) is 0 Å². The molecule has 0 bridgehead atoms. The maximum Gasteiger partial charge on any atom is 0.124 e. The van der Waals surface area contributed by atoms with E-state index in [0.29, 0.717) is 6.54 Å². The molecule has 2 rings (SSSR count). The van der Waals surface area contributed by atoms with E-state index in [-0.39, 0.29) is 6.04 Å². The van der Waals surface area contributed by atoms with Gasteiger partial charge in [-0.2, -0.15) is 0 Å². The fraction of sp³-hybridized carbons (Fsp3) is 0.250. The topological polar surface area (TPSA) is 21.3 Å². The summed E-state index contributed by atoms with van der Waals surface area (Å²) in [6.07, 6.45) is 0. The number of nitrogens with one attached hydrogen (secondary N) is 1. The standard InChI is InChI=1S/C16H18ClNO/c1-12(13-7-4-3-5-8-13)18-11-14-15(17)9-6-10-16(14)19-2/h3-10,12,18H,11H2,1-2H3/t12-/m0/s1. The predicted octanol–water partition coefficient (Wildman–Crippen LogP) is 4.20. The average molecular weight is 276 g/mol. The van der Waals surface area contributed by atoms with Gasteiger partial charge in [0.25, 0.3) is 0 Å². The molecular weight excluding hydrogens is 258 g/mol. The summed E-state index contributed by atoms with van der Waals surface area (Å²) in [5.74, 6) is 0.820. The monoisotopic (exact) mass is 275 g/mol. The van der Waals surface area contributed by atoms with Crippen LogP contribution in [0.5, 0.6) is 5.75 Å². The molecule has 19 heavy (non-hydrogen) atoms. The fourth-order valence-electron chi connectivity index (χ4n) is 2.02. The minimum atomic E-state index is 0.266. The zero-order valence-corrected chi connectivity index (χ0v) is 11.9. The van der Waals surface area contributed by atoms with Crippen LogP contribution in [0.1, 0.15) is 24.1 Å². The van der Waals surface area contributed by atoms with Crippen molar-refractivity contribution in [2.45, 2.75) is 19.5 Å². The zero-order valence-electron chi connectivity index (χ0n) is 11.2.